The minimum atomic E-state index is -3.82. The molecule has 4 nitrogen and oxygen atoms in total. The predicted octanol–water partition coefficient (Wildman–Crippen LogP) is 3.26. The van der Waals surface area contributed by atoms with E-state index in [9.17, 15) is 12.8 Å². The Kier molecular flexibility index (Phi) is 4.72. The van der Waals surface area contributed by atoms with E-state index in [1.54, 1.807) is 24.3 Å². The van der Waals surface area contributed by atoms with Crippen molar-refractivity contribution in [2.45, 2.75) is 4.90 Å². The molecule has 0 spiro atoms. The molecule has 0 radical (unpaired) electrons. The quantitative estimate of drug-likeness (QED) is 0.713. The molecule has 0 fully saturated rings. The number of methoxy groups -OCH3 is 1. The average Bonchev–Trinajstić information content (AvgIpc) is 2.47. The third kappa shape index (κ3) is 3.29. The first-order chi connectivity index (χ1) is 9.86. The molecule has 0 amide bonds. The van der Waals surface area contributed by atoms with Gasteiger partial charge in [-0.1, -0.05) is 0 Å². The Balaban J connectivity index is 2.41. The number of benzene rings is 2. The molecule has 0 heterocycles. The first-order valence-electron chi connectivity index (χ1n) is 5.94. The fourth-order valence-electron chi connectivity index (χ4n) is 1.76. The zero-order valence-corrected chi connectivity index (χ0v) is 14.4. The van der Waals surface area contributed by atoms with Crippen molar-refractivity contribution in [3.05, 3.63) is 51.9 Å². The van der Waals surface area contributed by atoms with Crippen LogP contribution in [0.5, 0.6) is 5.75 Å². The Hall–Kier alpha value is -1.35. The molecule has 2 aromatic carbocycles. The number of halogens is 2. The molecule has 112 valence electrons. The van der Waals surface area contributed by atoms with Gasteiger partial charge in [-0.3, -0.25) is 4.31 Å². The van der Waals surface area contributed by atoms with E-state index in [4.69, 9.17) is 4.74 Å². The number of ether oxygens (including phenoxy) is 1. The van der Waals surface area contributed by atoms with Gasteiger partial charge < -0.3 is 4.74 Å². The molecular formula is C14H13FINO3S. The first-order valence-corrected chi connectivity index (χ1v) is 8.46. The molecule has 0 bridgehead atoms. The lowest BCUT2D eigenvalue weighted by atomic mass is 10.3. The van der Waals surface area contributed by atoms with Crippen LogP contribution in [0.1, 0.15) is 0 Å². The normalized spacial score (nSPS) is 11.2. The molecule has 0 saturated heterocycles. The van der Waals surface area contributed by atoms with E-state index in [0.29, 0.717) is 5.69 Å². The zero-order valence-electron chi connectivity index (χ0n) is 11.4. The Bertz CT molecular complexity index is 747. The number of rotatable bonds is 4. The minimum absolute atomic E-state index is 0.00543. The molecule has 0 atom stereocenters. The molecule has 0 aliphatic heterocycles. The summed E-state index contributed by atoms with van der Waals surface area (Å²) in [5, 5.41) is 0. The van der Waals surface area contributed by atoms with Crippen molar-refractivity contribution in [2.75, 3.05) is 18.5 Å². The predicted molar refractivity (Wildman–Crippen MR) is 87.7 cm³/mol. The second-order valence-corrected chi connectivity index (χ2v) is 7.46. The van der Waals surface area contributed by atoms with Crippen LogP contribution >= 0.6 is 22.6 Å². The Morgan fingerprint density at radius 3 is 2.29 bits per heavy atom. The van der Waals surface area contributed by atoms with E-state index in [0.717, 1.165) is 13.9 Å². The third-order valence-electron chi connectivity index (χ3n) is 2.97. The summed E-state index contributed by atoms with van der Waals surface area (Å²) in [6, 6.07) is 10.6. The molecule has 2 rings (SSSR count). The van der Waals surface area contributed by atoms with Crippen LogP contribution in [0.15, 0.2) is 47.4 Å². The summed E-state index contributed by atoms with van der Waals surface area (Å²) in [6.45, 7) is 0. The minimum Gasteiger partial charge on any atom is -0.494 e. The zero-order chi connectivity index (χ0) is 15.6. The van der Waals surface area contributed by atoms with Crippen molar-refractivity contribution >= 4 is 38.3 Å². The van der Waals surface area contributed by atoms with Gasteiger partial charge >= 0.3 is 0 Å². The van der Waals surface area contributed by atoms with E-state index < -0.39 is 15.8 Å². The van der Waals surface area contributed by atoms with Gasteiger partial charge in [0.15, 0.2) is 11.6 Å². The molecule has 0 N–H and O–H groups in total. The van der Waals surface area contributed by atoms with Gasteiger partial charge in [-0.2, -0.15) is 0 Å². The van der Waals surface area contributed by atoms with Crippen molar-refractivity contribution in [1.29, 1.82) is 0 Å². The molecule has 0 unspecified atom stereocenters. The van der Waals surface area contributed by atoms with Crippen LogP contribution in [0.3, 0.4) is 0 Å². The SMILES string of the molecule is COc1ccc(S(=O)(=O)N(C)c2ccc(I)cc2)cc1F. The maximum absolute atomic E-state index is 13.7. The highest BCUT2D eigenvalue weighted by molar-refractivity contribution is 14.1. The maximum atomic E-state index is 13.7. The van der Waals surface area contributed by atoms with Gasteiger partial charge in [0.25, 0.3) is 10.0 Å². The van der Waals surface area contributed by atoms with Crippen molar-refractivity contribution in [1.82, 2.24) is 0 Å². The monoisotopic (exact) mass is 421 g/mol. The van der Waals surface area contributed by atoms with E-state index >= 15 is 0 Å². The lowest BCUT2D eigenvalue weighted by Crippen LogP contribution is -2.26. The van der Waals surface area contributed by atoms with Crippen LogP contribution < -0.4 is 9.04 Å². The summed E-state index contributed by atoms with van der Waals surface area (Å²) in [7, 11) is -1.06. The molecule has 0 saturated carbocycles. The maximum Gasteiger partial charge on any atom is 0.264 e. The summed E-state index contributed by atoms with van der Waals surface area (Å²) < 4.78 is 45.6. The molecule has 0 aromatic heterocycles. The number of hydrogen-bond donors (Lipinski definition) is 0. The molecule has 21 heavy (non-hydrogen) atoms. The van der Waals surface area contributed by atoms with E-state index in [1.807, 2.05) is 0 Å². The lowest BCUT2D eigenvalue weighted by molar-refractivity contribution is 0.385. The molecule has 2 aromatic rings. The van der Waals surface area contributed by atoms with Crippen LogP contribution in [-0.4, -0.2) is 22.6 Å². The third-order valence-corrected chi connectivity index (χ3v) is 5.47. The summed E-state index contributed by atoms with van der Waals surface area (Å²) >= 11 is 2.13. The summed E-state index contributed by atoms with van der Waals surface area (Å²) in [6.07, 6.45) is 0. The fourth-order valence-corrected chi connectivity index (χ4v) is 3.32. The van der Waals surface area contributed by atoms with E-state index in [-0.39, 0.29) is 10.6 Å². The lowest BCUT2D eigenvalue weighted by Gasteiger charge is -2.19. The highest BCUT2D eigenvalue weighted by atomic mass is 127. The largest absolute Gasteiger partial charge is 0.494 e. The first kappa shape index (κ1) is 16.0. The van der Waals surface area contributed by atoms with Crippen molar-refractivity contribution in [3.8, 4) is 5.75 Å². The highest BCUT2D eigenvalue weighted by Crippen LogP contribution is 2.26. The van der Waals surface area contributed by atoms with Crippen LogP contribution in [0.25, 0.3) is 0 Å². The van der Waals surface area contributed by atoms with E-state index in [2.05, 4.69) is 22.6 Å². The molecule has 0 aliphatic carbocycles. The van der Waals surface area contributed by atoms with Crippen LogP contribution in [0, 0.1) is 9.39 Å². The standard InChI is InChI=1S/C14H13FINO3S/c1-17(11-5-3-10(16)4-6-11)21(18,19)12-7-8-14(20-2)13(15)9-12/h3-9H,1-2H3. The number of sulfonamides is 1. The van der Waals surface area contributed by atoms with Crippen LogP contribution in [0.2, 0.25) is 0 Å². The Morgan fingerprint density at radius 1 is 1.14 bits per heavy atom. The number of hydrogen-bond acceptors (Lipinski definition) is 3. The van der Waals surface area contributed by atoms with Crippen molar-refractivity contribution in [2.24, 2.45) is 0 Å². The summed E-state index contributed by atoms with van der Waals surface area (Å²) in [5.74, 6) is -0.708. The molecule has 7 heteroatoms. The van der Waals surface area contributed by atoms with Gasteiger partial charge in [0.2, 0.25) is 0 Å². The Morgan fingerprint density at radius 2 is 1.76 bits per heavy atom. The summed E-state index contributed by atoms with van der Waals surface area (Å²) in [5.41, 5.74) is 0.506. The Labute approximate surface area is 136 Å². The molecule has 0 aliphatic rings. The van der Waals surface area contributed by atoms with Crippen LogP contribution in [-0.2, 0) is 10.0 Å². The van der Waals surface area contributed by atoms with E-state index in [1.165, 1.54) is 26.3 Å². The van der Waals surface area contributed by atoms with Gasteiger partial charge in [0.1, 0.15) is 0 Å². The topological polar surface area (TPSA) is 46.6 Å². The van der Waals surface area contributed by atoms with Gasteiger partial charge in [-0.05, 0) is 65.1 Å². The second-order valence-electron chi connectivity index (χ2n) is 4.25. The van der Waals surface area contributed by atoms with Gasteiger partial charge in [-0.25, -0.2) is 12.8 Å². The highest BCUT2D eigenvalue weighted by Gasteiger charge is 2.22. The van der Waals surface area contributed by atoms with Gasteiger partial charge in [0, 0.05) is 10.6 Å². The summed E-state index contributed by atoms with van der Waals surface area (Å²) in [4.78, 5) is -0.123. The van der Waals surface area contributed by atoms with Crippen molar-refractivity contribution < 1.29 is 17.5 Å². The average molecular weight is 421 g/mol. The van der Waals surface area contributed by atoms with Crippen molar-refractivity contribution in [3.63, 3.8) is 0 Å². The smallest absolute Gasteiger partial charge is 0.264 e. The fraction of sp³-hybridized carbons (Fsp3) is 0.143. The van der Waals surface area contributed by atoms with Crippen LogP contribution in [0.4, 0.5) is 10.1 Å². The molecular weight excluding hydrogens is 408 g/mol. The van der Waals surface area contributed by atoms with Gasteiger partial charge in [-0.15, -0.1) is 0 Å². The second kappa shape index (κ2) is 6.18. The van der Waals surface area contributed by atoms with Gasteiger partial charge in [0.05, 0.1) is 17.7 Å². The number of nitrogens with zero attached hydrogens (tertiary/aromatic N) is 1. The number of anilines is 1.